The van der Waals surface area contributed by atoms with E-state index in [1.165, 1.54) is 12.1 Å². The summed E-state index contributed by atoms with van der Waals surface area (Å²) in [6.07, 6.45) is -6.51. The number of fused-ring (bicyclic) bond motifs is 1. The molecule has 0 saturated heterocycles. The molecule has 7 heteroatoms. The number of benzene rings is 2. The molecule has 0 bridgehead atoms. The van der Waals surface area contributed by atoms with Crippen molar-refractivity contribution >= 4 is 0 Å². The Bertz CT molecular complexity index is 767. The lowest BCUT2D eigenvalue weighted by atomic mass is 10.0. The van der Waals surface area contributed by atoms with E-state index in [2.05, 4.69) is 0 Å². The van der Waals surface area contributed by atoms with Crippen LogP contribution in [0.15, 0.2) is 30.3 Å². The van der Waals surface area contributed by atoms with Crippen molar-refractivity contribution in [3.63, 3.8) is 0 Å². The second kappa shape index (κ2) is 5.72. The largest absolute Gasteiger partial charge is 0.457 e. The molecule has 1 aliphatic carbocycles. The van der Waals surface area contributed by atoms with Crippen molar-refractivity contribution in [2.45, 2.75) is 31.9 Å². The summed E-state index contributed by atoms with van der Waals surface area (Å²) in [7, 11) is 0. The number of halogens is 6. The second-order valence-electron chi connectivity index (χ2n) is 5.67. The van der Waals surface area contributed by atoms with Gasteiger partial charge in [-0.2, -0.15) is 8.78 Å². The summed E-state index contributed by atoms with van der Waals surface area (Å²) in [6.45, 7) is 1.58. The molecule has 0 amide bonds. The highest BCUT2D eigenvalue weighted by Gasteiger charge is 2.51. The van der Waals surface area contributed by atoms with Gasteiger partial charge in [0.1, 0.15) is 17.3 Å². The van der Waals surface area contributed by atoms with Crippen molar-refractivity contribution in [3.05, 3.63) is 58.4 Å². The molecule has 0 radical (unpaired) electrons. The van der Waals surface area contributed by atoms with Crippen LogP contribution in [0.4, 0.5) is 26.3 Å². The minimum absolute atomic E-state index is 0.0455. The molecule has 0 heterocycles. The van der Waals surface area contributed by atoms with Gasteiger partial charge in [-0.25, -0.2) is 17.6 Å². The van der Waals surface area contributed by atoms with Crippen LogP contribution in [0.5, 0.6) is 11.5 Å². The number of ether oxygens (including phenoxy) is 1. The molecule has 128 valence electrons. The first kappa shape index (κ1) is 16.7. The van der Waals surface area contributed by atoms with Crippen LogP contribution in [0.1, 0.15) is 28.7 Å². The van der Waals surface area contributed by atoms with Gasteiger partial charge in [-0.1, -0.05) is 0 Å². The monoisotopic (exact) mass is 346 g/mol. The molecule has 2 aromatic rings. The van der Waals surface area contributed by atoms with Crippen LogP contribution in [0, 0.1) is 12.7 Å². The van der Waals surface area contributed by atoms with Gasteiger partial charge in [-0.05, 0) is 42.3 Å². The van der Waals surface area contributed by atoms with E-state index < -0.39 is 53.2 Å². The first-order chi connectivity index (χ1) is 11.2. The van der Waals surface area contributed by atoms with E-state index in [0.717, 1.165) is 18.2 Å². The lowest BCUT2D eigenvalue weighted by Gasteiger charge is -2.16. The predicted molar refractivity (Wildman–Crippen MR) is 75.1 cm³/mol. The van der Waals surface area contributed by atoms with Crippen LogP contribution in [0.2, 0.25) is 0 Å². The molecule has 2 aromatic carbocycles. The standard InChI is InChI=1S/C17H12F6O/c1-8-4-9(18)6-10(5-8)24-13-3-2-12-11(15(13)16(20)21)7-14(19)17(12,22)23/h2-6,14,16H,7H2,1H3. The lowest BCUT2D eigenvalue weighted by molar-refractivity contribution is -0.0656. The zero-order chi connectivity index (χ0) is 17.6. The summed E-state index contributed by atoms with van der Waals surface area (Å²) in [5, 5.41) is 0. The fourth-order valence-electron chi connectivity index (χ4n) is 2.87. The van der Waals surface area contributed by atoms with Crippen molar-refractivity contribution in [3.8, 4) is 11.5 Å². The first-order valence-electron chi connectivity index (χ1n) is 7.11. The van der Waals surface area contributed by atoms with Crippen LogP contribution >= 0.6 is 0 Å². The summed E-state index contributed by atoms with van der Waals surface area (Å²) < 4.78 is 86.4. The average molecular weight is 346 g/mol. The number of hydrogen-bond acceptors (Lipinski definition) is 1. The number of alkyl halides is 5. The molecule has 0 spiro atoms. The van der Waals surface area contributed by atoms with Crippen LogP contribution < -0.4 is 4.74 Å². The van der Waals surface area contributed by atoms with E-state index in [0.29, 0.717) is 5.56 Å². The van der Waals surface area contributed by atoms with Crippen molar-refractivity contribution in [1.82, 2.24) is 0 Å². The molecule has 1 unspecified atom stereocenters. The smallest absolute Gasteiger partial charge is 0.304 e. The molecule has 3 rings (SSSR count). The normalized spacial score (nSPS) is 18.8. The molecule has 1 nitrogen and oxygen atoms in total. The maximum Gasteiger partial charge on any atom is 0.304 e. The number of aryl methyl sites for hydroxylation is 1. The van der Waals surface area contributed by atoms with Gasteiger partial charge >= 0.3 is 5.92 Å². The summed E-state index contributed by atoms with van der Waals surface area (Å²) in [6, 6.07) is 5.44. The van der Waals surface area contributed by atoms with Crippen molar-refractivity contribution in [2.75, 3.05) is 0 Å². The second-order valence-corrected chi connectivity index (χ2v) is 5.67. The maximum absolute atomic E-state index is 13.7. The molecule has 0 aliphatic heterocycles. The average Bonchev–Trinajstić information content (AvgIpc) is 2.67. The van der Waals surface area contributed by atoms with Crippen LogP contribution in [0.3, 0.4) is 0 Å². The highest BCUT2D eigenvalue weighted by molar-refractivity contribution is 5.52. The molecule has 24 heavy (non-hydrogen) atoms. The Kier molecular flexibility index (Phi) is 3.97. The van der Waals surface area contributed by atoms with Crippen molar-refractivity contribution in [1.29, 1.82) is 0 Å². The molecular formula is C17H12F6O. The van der Waals surface area contributed by atoms with E-state index >= 15 is 0 Å². The van der Waals surface area contributed by atoms with Crippen LogP contribution in [-0.4, -0.2) is 6.17 Å². The summed E-state index contributed by atoms with van der Waals surface area (Å²) in [4.78, 5) is 0. The Morgan fingerprint density at radius 3 is 2.50 bits per heavy atom. The summed E-state index contributed by atoms with van der Waals surface area (Å²) in [5.41, 5.74) is -1.49. The minimum Gasteiger partial charge on any atom is -0.457 e. The highest BCUT2D eigenvalue weighted by Crippen LogP contribution is 2.49. The predicted octanol–water partition coefficient (Wildman–Crippen LogP) is 5.85. The van der Waals surface area contributed by atoms with Crippen molar-refractivity contribution < 1.29 is 31.1 Å². The van der Waals surface area contributed by atoms with E-state index in [4.69, 9.17) is 4.74 Å². The molecular weight excluding hydrogens is 334 g/mol. The summed E-state index contributed by atoms with van der Waals surface area (Å²) >= 11 is 0. The Hall–Kier alpha value is -2.18. The zero-order valence-electron chi connectivity index (χ0n) is 12.4. The van der Waals surface area contributed by atoms with Crippen molar-refractivity contribution in [2.24, 2.45) is 0 Å². The fraction of sp³-hybridized carbons (Fsp3) is 0.294. The Morgan fingerprint density at radius 1 is 1.17 bits per heavy atom. The van der Waals surface area contributed by atoms with E-state index in [9.17, 15) is 26.3 Å². The topological polar surface area (TPSA) is 9.23 Å². The third-order valence-corrected chi connectivity index (χ3v) is 3.91. The number of rotatable bonds is 3. The van der Waals surface area contributed by atoms with E-state index in [-0.39, 0.29) is 5.75 Å². The van der Waals surface area contributed by atoms with Gasteiger partial charge in [0.2, 0.25) is 0 Å². The van der Waals surface area contributed by atoms with Gasteiger partial charge in [0.15, 0.2) is 6.17 Å². The van der Waals surface area contributed by atoms with Crippen LogP contribution in [0.25, 0.3) is 0 Å². The van der Waals surface area contributed by atoms with Gasteiger partial charge < -0.3 is 4.74 Å². The van der Waals surface area contributed by atoms with Gasteiger partial charge in [0, 0.05) is 18.1 Å². The molecule has 0 fully saturated rings. The first-order valence-corrected chi connectivity index (χ1v) is 7.11. The molecule has 0 saturated carbocycles. The fourth-order valence-corrected chi connectivity index (χ4v) is 2.87. The highest BCUT2D eigenvalue weighted by atomic mass is 19.3. The molecule has 0 N–H and O–H groups in total. The summed E-state index contributed by atoms with van der Waals surface area (Å²) in [5.74, 6) is -4.87. The maximum atomic E-state index is 13.7. The van der Waals surface area contributed by atoms with Gasteiger partial charge in [0.05, 0.1) is 5.56 Å². The van der Waals surface area contributed by atoms with Crippen LogP contribution in [-0.2, 0) is 12.3 Å². The molecule has 1 aliphatic rings. The van der Waals surface area contributed by atoms with E-state index in [1.807, 2.05) is 0 Å². The minimum atomic E-state index is -3.81. The molecule has 0 aromatic heterocycles. The van der Waals surface area contributed by atoms with E-state index in [1.54, 1.807) is 6.92 Å². The SMILES string of the molecule is Cc1cc(F)cc(Oc2ccc3c(c2C(F)F)CC(F)C3(F)F)c1. The third-order valence-electron chi connectivity index (χ3n) is 3.91. The Labute approximate surface area is 133 Å². The zero-order valence-corrected chi connectivity index (χ0v) is 12.4. The lowest BCUT2D eigenvalue weighted by Crippen LogP contribution is -2.21. The Balaban J connectivity index is 2.08. The van der Waals surface area contributed by atoms with Gasteiger partial charge in [-0.3, -0.25) is 0 Å². The van der Waals surface area contributed by atoms with Gasteiger partial charge in [-0.15, -0.1) is 0 Å². The quantitative estimate of drug-likeness (QED) is 0.634. The molecule has 1 atom stereocenters. The number of hydrogen-bond donors (Lipinski definition) is 0. The van der Waals surface area contributed by atoms with Gasteiger partial charge in [0.25, 0.3) is 6.43 Å². The third kappa shape index (κ3) is 2.72. The Morgan fingerprint density at radius 2 is 1.88 bits per heavy atom.